The van der Waals surface area contributed by atoms with Crippen LogP contribution in [0.2, 0.25) is 0 Å². The molecule has 2 aromatic rings. The zero-order valence-corrected chi connectivity index (χ0v) is 11.8. The van der Waals surface area contributed by atoms with E-state index in [1.807, 2.05) is 25.1 Å². The number of amides is 1. The molecule has 2 aromatic carbocycles. The molecule has 0 aliphatic heterocycles. The number of aryl methyl sites for hydroxylation is 1. The summed E-state index contributed by atoms with van der Waals surface area (Å²) < 4.78 is 0. The van der Waals surface area contributed by atoms with Crippen LogP contribution in [0.15, 0.2) is 48.5 Å². The van der Waals surface area contributed by atoms with E-state index in [1.54, 1.807) is 36.2 Å². The molecule has 4 nitrogen and oxygen atoms in total. The molecule has 0 aromatic heterocycles. The second kappa shape index (κ2) is 6.21. The summed E-state index contributed by atoms with van der Waals surface area (Å²) >= 11 is 0. The van der Waals surface area contributed by atoms with E-state index in [2.05, 4.69) is 11.5 Å². The Morgan fingerprint density at radius 1 is 1.20 bits per heavy atom. The molecule has 0 spiro atoms. The predicted molar refractivity (Wildman–Crippen MR) is 81.2 cm³/mol. The average Bonchev–Trinajstić information content (AvgIpc) is 2.46. The van der Waals surface area contributed by atoms with Gasteiger partial charge in [-0.1, -0.05) is 29.8 Å². The van der Waals surface area contributed by atoms with Gasteiger partial charge in [0.25, 0.3) is 5.91 Å². The van der Waals surface area contributed by atoms with E-state index in [0.29, 0.717) is 12.1 Å². The minimum absolute atomic E-state index is 0.00456. The SMILES string of the molecule is Cc1cccc(CN(C)C(=O)c2ccc(NN)cc2)c1. The van der Waals surface area contributed by atoms with E-state index in [0.717, 1.165) is 11.3 Å². The number of benzene rings is 2. The lowest BCUT2D eigenvalue weighted by atomic mass is 10.1. The number of anilines is 1. The van der Waals surface area contributed by atoms with Gasteiger partial charge in [-0.25, -0.2) is 0 Å². The molecule has 3 N–H and O–H groups in total. The summed E-state index contributed by atoms with van der Waals surface area (Å²) in [5.41, 5.74) is 6.30. The first-order valence-electron chi connectivity index (χ1n) is 6.48. The molecule has 0 saturated heterocycles. The van der Waals surface area contributed by atoms with E-state index >= 15 is 0 Å². The number of nitrogens with zero attached hydrogens (tertiary/aromatic N) is 1. The van der Waals surface area contributed by atoms with Gasteiger partial charge in [0.1, 0.15) is 0 Å². The normalized spacial score (nSPS) is 10.2. The molecule has 0 aliphatic rings. The highest BCUT2D eigenvalue weighted by molar-refractivity contribution is 5.94. The number of hydrogen-bond acceptors (Lipinski definition) is 3. The summed E-state index contributed by atoms with van der Waals surface area (Å²) in [4.78, 5) is 14.0. The van der Waals surface area contributed by atoms with Crippen molar-refractivity contribution in [3.8, 4) is 0 Å². The Bertz CT molecular complexity index is 593. The summed E-state index contributed by atoms with van der Waals surface area (Å²) in [5, 5.41) is 0. The van der Waals surface area contributed by atoms with Crippen molar-refractivity contribution in [2.24, 2.45) is 5.84 Å². The van der Waals surface area contributed by atoms with E-state index in [-0.39, 0.29) is 5.91 Å². The van der Waals surface area contributed by atoms with Crippen LogP contribution >= 0.6 is 0 Å². The molecule has 104 valence electrons. The molecule has 1 amide bonds. The van der Waals surface area contributed by atoms with Gasteiger partial charge in [0.15, 0.2) is 0 Å². The summed E-state index contributed by atoms with van der Waals surface area (Å²) in [6.45, 7) is 2.64. The Morgan fingerprint density at radius 2 is 1.90 bits per heavy atom. The third-order valence-electron chi connectivity index (χ3n) is 3.15. The zero-order valence-electron chi connectivity index (χ0n) is 11.8. The van der Waals surface area contributed by atoms with Gasteiger partial charge in [-0.05, 0) is 36.8 Å². The number of nitrogens with two attached hydrogens (primary N) is 1. The third kappa shape index (κ3) is 3.36. The smallest absolute Gasteiger partial charge is 0.253 e. The fraction of sp³-hybridized carbons (Fsp3) is 0.188. The molecular weight excluding hydrogens is 250 g/mol. The number of hydrogen-bond donors (Lipinski definition) is 2. The number of hydrazine groups is 1. The lowest BCUT2D eigenvalue weighted by Gasteiger charge is -2.18. The largest absolute Gasteiger partial charge is 0.337 e. The van der Waals surface area contributed by atoms with Crippen molar-refractivity contribution in [3.63, 3.8) is 0 Å². The van der Waals surface area contributed by atoms with Crippen LogP contribution in [0.3, 0.4) is 0 Å². The average molecular weight is 269 g/mol. The van der Waals surface area contributed by atoms with E-state index in [1.165, 1.54) is 5.56 Å². The van der Waals surface area contributed by atoms with Crippen molar-refractivity contribution in [1.82, 2.24) is 4.90 Å². The first-order chi connectivity index (χ1) is 9.60. The summed E-state index contributed by atoms with van der Waals surface area (Å²) in [7, 11) is 1.81. The Labute approximate surface area is 119 Å². The van der Waals surface area contributed by atoms with Crippen LogP contribution in [-0.2, 0) is 6.54 Å². The van der Waals surface area contributed by atoms with Crippen molar-refractivity contribution in [3.05, 3.63) is 65.2 Å². The Kier molecular flexibility index (Phi) is 4.38. The lowest BCUT2D eigenvalue weighted by Crippen LogP contribution is -2.26. The summed E-state index contributed by atoms with van der Waals surface area (Å²) in [6.07, 6.45) is 0. The van der Waals surface area contributed by atoms with Gasteiger partial charge in [-0.2, -0.15) is 0 Å². The second-order valence-corrected chi connectivity index (χ2v) is 4.87. The Morgan fingerprint density at radius 3 is 2.50 bits per heavy atom. The monoisotopic (exact) mass is 269 g/mol. The predicted octanol–water partition coefficient (Wildman–Crippen LogP) is 2.55. The van der Waals surface area contributed by atoms with Gasteiger partial charge in [0.2, 0.25) is 0 Å². The van der Waals surface area contributed by atoms with Gasteiger partial charge in [-0.3, -0.25) is 10.6 Å². The van der Waals surface area contributed by atoms with Crippen molar-refractivity contribution < 1.29 is 4.79 Å². The van der Waals surface area contributed by atoms with Crippen LogP contribution < -0.4 is 11.3 Å². The van der Waals surface area contributed by atoms with Gasteiger partial charge in [-0.15, -0.1) is 0 Å². The summed E-state index contributed by atoms with van der Waals surface area (Å²) in [6, 6.07) is 15.3. The summed E-state index contributed by atoms with van der Waals surface area (Å²) in [5.74, 6) is 5.30. The lowest BCUT2D eigenvalue weighted by molar-refractivity contribution is 0.0785. The van der Waals surface area contributed by atoms with Crippen molar-refractivity contribution in [1.29, 1.82) is 0 Å². The quantitative estimate of drug-likeness (QED) is 0.662. The molecule has 0 radical (unpaired) electrons. The molecule has 0 fully saturated rings. The second-order valence-electron chi connectivity index (χ2n) is 4.87. The maximum atomic E-state index is 12.3. The van der Waals surface area contributed by atoms with E-state index in [9.17, 15) is 4.79 Å². The van der Waals surface area contributed by atoms with Crippen LogP contribution in [0.1, 0.15) is 21.5 Å². The molecule has 0 heterocycles. The highest BCUT2D eigenvalue weighted by Gasteiger charge is 2.11. The number of nitrogen functional groups attached to an aromatic ring is 1. The first kappa shape index (κ1) is 14.1. The number of nitrogens with one attached hydrogen (secondary N) is 1. The number of rotatable bonds is 4. The molecular formula is C16H19N3O. The van der Waals surface area contributed by atoms with Crippen LogP contribution in [0.4, 0.5) is 5.69 Å². The van der Waals surface area contributed by atoms with Crippen LogP contribution in [-0.4, -0.2) is 17.9 Å². The minimum Gasteiger partial charge on any atom is -0.337 e. The topological polar surface area (TPSA) is 58.4 Å². The Hall–Kier alpha value is -2.33. The highest BCUT2D eigenvalue weighted by Crippen LogP contribution is 2.12. The van der Waals surface area contributed by atoms with Gasteiger partial charge in [0.05, 0.1) is 0 Å². The molecule has 0 aliphatic carbocycles. The van der Waals surface area contributed by atoms with E-state index in [4.69, 9.17) is 5.84 Å². The van der Waals surface area contributed by atoms with Crippen molar-refractivity contribution >= 4 is 11.6 Å². The van der Waals surface area contributed by atoms with Crippen LogP contribution in [0, 0.1) is 6.92 Å². The number of carbonyl (C=O) groups is 1. The molecule has 0 unspecified atom stereocenters. The van der Waals surface area contributed by atoms with Gasteiger partial charge in [0, 0.05) is 24.8 Å². The Balaban J connectivity index is 2.07. The van der Waals surface area contributed by atoms with Crippen LogP contribution in [0.5, 0.6) is 0 Å². The molecule has 4 heteroatoms. The number of carbonyl (C=O) groups excluding carboxylic acids is 1. The molecule has 2 rings (SSSR count). The molecule has 20 heavy (non-hydrogen) atoms. The zero-order chi connectivity index (χ0) is 14.5. The fourth-order valence-corrected chi connectivity index (χ4v) is 2.09. The maximum absolute atomic E-state index is 12.3. The standard InChI is InChI=1S/C16H19N3O/c1-12-4-3-5-13(10-12)11-19(2)16(20)14-6-8-15(18-17)9-7-14/h3-10,18H,11,17H2,1-2H3. The highest BCUT2D eigenvalue weighted by atomic mass is 16.2. The van der Waals surface area contributed by atoms with Gasteiger partial charge < -0.3 is 10.3 Å². The van der Waals surface area contributed by atoms with E-state index < -0.39 is 0 Å². The third-order valence-corrected chi connectivity index (χ3v) is 3.15. The van der Waals surface area contributed by atoms with Crippen molar-refractivity contribution in [2.45, 2.75) is 13.5 Å². The molecule has 0 bridgehead atoms. The minimum atomic E-state index is -0.00456. The van der Waals surface area contributed by atoms with Gasteiger partial charge >= 0.3 is 0 Å². The maximum Gasteiger partial charge on any atom is 0.253 e. The van der Waals surface area contributed by atoms with Crippen molar-refractivity contribution in [2.75, 3.05) is 12.5 Å². The molecule has 0 atom stereocenters. The molecule has 0 saturated carbocycles. The van der Waals surface area contributed by atoms with Crippen LogP contribution in [0.25, 0.3) is 0 Å². The fourth-order valence-electron chi connectivity index (χ4n) is 2.09. The first-order valence-corrected chi connectivity index (χ1v) is 6.48.